The van der Waals surface area contributed by atoms with E-state index in [4.69, 9.17) is 11.6 Å². The van der Waals surface area contributed by atoms with Crippen LogP contribution < -0.4 is 5.32 Å². The Morgan fingerprint density at radius 2 is 2.12 bits per heavy atom. The van der Waals surface area contributed by atoms with Gasteiger partial charge in [0.1, 0.15) is 5.52 Å². The largest absolute Gasteiger partial charge is 0.382 e. The third-order valence-corrected chi connectivity index (χ3v) is 4.28. The molecule has 2 rings (SSSR count). The number of benzene rings is 1. The van der Waals surface area contributed by atoms with Gasteiger partial charge in [-0.1, -0.05) is 38.3 Å². The van der Waals surface area contributed by atoms with E-state index in [2.05, 4.69) is 24.1 Å². The zero-order valence-corrected chi connectivity index (χ0v) is 11.7. The molecule has 0 fully saturated rings. The summed E-state index contributed by atoms with van der Waals surface area (Å²) in [6.07, 6.45) is 2.38. The molecule has 0 aliphatic rings. The lowest BCUT2D eigenvalue weighted by Crippen LogP contribution is -2.13. The number of hydrogen-bond acceptors (Lipinski definition) is 3. The Kier molecular flexibility index (Phi) is 4.24. The summed E-state index contributed by atoms with van der Waals surface area (Å²) in [4.78, 5) is 4.38. The average Bonchev–Trinajstić information content (AvgIpc) is 2.81. The van der Waals surface area contributed by atoms with Crippen LogP contribution in [0.4, 0.5) is 5.69 Å². The fourth-order valence-electron chi connectivity index (χ4n) is 1.90. The molecule has 0 saturated heterocycles. The van der Waals surface area contributed by atoms with Gasteiger partial charge >= 0.3 is 0 Å². The molecule has 0 unspecified atom stereocenters. The van der Waals surface area contributed by atoms with Gasteiger partial charge in [-0.25, -0.2) is 4.98 Å². The second-order valence-corrected chi connectivity index (χ2v) is 5.48. The summed E-state index contributed by atoms with van der Waals surface area (Å²) in [5.74, 6) is 0.694. The van der Waals surface area contributed by atoms with Gasteiger partial charge in [0.25, 0.3) is 0 Å². The molecule has 0 saturated carbocycles. The van der Waals surface area contributed by atoms with E-state index in [0.29, 0.717) is 5.92 Å². The van der Waals surface area contributed by atoms with Crippen LogP contribution in [0.2, 0.25) is 5.02 Å². The Labute approximate surface area is 111 Å². The van der Waals surface area contributed by atoms with Crippen LogP contribution in [0, 0.1) is 5.92 Å². The lowest BCUT2D eigenvalue weighted by atomic mass is 10.0. The molecule has 2 nitrogen and oxygen atoms in total. The van der Waals surface area contributed by atoms with Gasteiger partial charge in [0.15, 0.2) is 0 Å². The number of thiazole rings is 1. The molecule has 92 valence electrons. The molecule has 0 radical (unpaired) electrons. The molecule has 1 aromatic heterocycles. The molecule has 0 spiro atoms. The van der Waals surface area contributed by atoms with Crippen LogP contribution in [0.1, 0.15) is 26.7 Å². The van der Waals surface area contributed by atoms with E-state index in [9.17, 15) is 0 Å². The number of nitrogens with zero attached hydrogens (tertiary/aromatic N) is 1. The van der Waals surface area contributed by atoms with Gasteiger partial charge in [-0.2, -0.15) is 0 Å². The minimum atomic E-state index is 0.694. The van der Waals surface area contributed by atoms with E-state index < -0.39 is 0 Å². The summed E-state index contributed by atoms with van der Waals surface area (Å²) in [6, 6.07) is 3.97. The monoisotopic (exact) mass is 268 g/mol. The van der Waals surface area contributed by atoms with E-state index in [1.54, 1.807) is 11.3 Å². The highest BCUT2D eigenvalue weighted by Gasteiger charge is 2.10. The van der Waals surface area contributed by atoms with Crippen molar-refractivity contribution in [1.29, 1.82) is 0 Å². The first-order chi connectivity index (χ1) is 8.26. The number of fused-ring (bicyclic) bond motifs is 1. The van der Waals surface area contributed by atoms with Crippen LogP contribution in [0.15, 0.2) is 17.6 Å². The maximum atomic E-state index is 6.23. The molecule has 0 bridgehead atoms. The van der Waals surface area contributed by atoms with Crippen molar-refractivity contribution in [3.8, 4) is 0 Å². The standard InChI is InChI=1S/C13H17ClN2S/c1-3-9(4-2)7-15-12-10(14)5-6-11-13(12)16-8-17-11/h5-6,8-9,15H,3-4,7H2,1-2H3. The van der Waals surface area contributed by atoms with Crippen LogP contribution in [-0.2, 0) is 0 Å². The Balaban J connectivity index is 2.22. The van der Waals surface area contributed by atoms with E-state index in [-0.39, 0.29) is 0 Å². The Bertz CT molecular complexity index is 491. The summed E-state index contributed by atoms with van der Waals surface area (Å²) < 4.78 is 1.18. The zero-order valence-electron chi connectivity index (χ0n) is 10.2. The summed E-state index contributed by atoms with van der Waals surface area (Å²) >= 11 is 7.88. The number of hydrogen-bond donors (Lipinski definition) is 1. The van der Waals surface area contributed by atoms with Crippen molar-refractivity contribution < 1.29 is 0 Å². The molecule has 0 aliphatic heterocycles. The third kappa shape index (κ3) is 2.72. The van der Waals surface area contributed by atoms with Crippen LogP contribution in [0.25, 0.3) is 10.2 Å². The van der Waals surface area contributed by atoms with Gasteiger partial charge < -0.3 is 5.32 Å². The topological polar surface area (TPSA) is 24.9 Å². The Morgan fingerprint density at radius 3 is 2.82 bits per heavy atom. The minimum Gasteiger partial charge on any atom is -0.382 e. The molecular weight excluding hydrogens is 252 g/mol. The second-order valence-electron chi connectivity index (χ2n) is 4.18. The van der Waals surface area contributed by atoms with Crippen molar-refractivity contribution in [2.45, 2.75) is 26.7 Å². The highest BCUT2D eigenvalue weighted by Crippen LogP contribution is 2.32. The van der Waals surface area contributed by atoms with Gasteiger partial charge in [-0.05, 0) is 18.1 Å². The maximum Gasteiger partial charge on any atom is 0.106 e. The number of anilines is 1. The molecule has 17 heavy (non-hydrogen) atoms. The van der Waals surface area contributed by atoms with Gasteiger partial charge in [0.2, 0.25) is 0 Å². The number of aromatic nitrogens is 1. The predicted molar refractivity (Wildman–Crippen MR) is 77.2 cm³/mol. The van der Waals surface area contributed by atoms with Gasteiger partial charge in [0, 0.05) is 6.54 Å². The van der Waals surface area contributed by atoms with Gasteiger partial charge in [0.05, 0.1) is 20.9 Å². The molecule has 0 atom stereocenters. The first-order valence-corrected chi connectivity index (χ1v) is 7.27. The highest BCUT2D eigenvalue weighted by molar-refractivity contribution is 7.16. The van der Waals surface area contributed by atoms with Crippen molar-refractivity contribution in [2.24, 2.45) is 5.92 Å². The van der Waals surface area contributed by atoms with Crippen LogP contribution in [0.5, 0.6) is 0 Å². The Hall–Kier alpha value is -0.800. The first-order valence-electron chi connectivity index (χ1n) is 6.01. The molecule has 1 heterocycles. The number of halogens is 1. The van der Waals surface area contributed by atoms with E-state index in [0.717, 1.165) is 22.8 Å². The van der Waals surface area contributed by atoms with E-state index >= 15 is 0 Å². The summed E-state index contributed by atoms with van der Waals surface area (Å²) in [7, 11) is 0. The summed E-state index contributed by atoms with van der Waals surface area (Å²) in [5, 5.41) is 4.21. The van der Waals surface area contributed by atoms with Crippen molar-refractivity contribution >= 4 is 38.8 Å². The first kappa shape index (κ1) is 12.7. The summed E-state index contributed by atoms with van der Waals surface area (Å²) in [5.41, 5.74) is 3.84. The van der Waals surface area contributed by atoms with Crippen LogP contribution in [-0.4, -0.2) is 11.5 Å². The predicted octanol–water partition coefficient (Wildman–Crippen LogP) is 4.80. The zero-order chi connectivity index (χ0) is 12.3. The quantitative estimate of drug-likeness (QED) is 0.843. The Morgan fingerprint density at radius 1 is 1.35 bits per heavy atom. The number of nitrogens with one attached hydrogen (secondary N) is 1. The van der Waals surface area contributed by atoms with Crippen LogP contribution in [0.3, 0.4) is 0 Å². The molecular formula is C13H17ClN2S. The minimum absolute atomic E-state index is 0.694. The molecule has 0 aliphatic carbocycles. The normalized spacial score (nSPS) is 11.3. The van der Waals surface area contributed by atoms with E-state index in [1.165, 1.54) is 17.5 Å². The van der Waals surface area contributed by atoms with Crippen LogP contribution >= 0.6 is 22.9 Å². The molecule has 2 aromatic rings. The fraction of sp³-hybridized carbons (Fsp3) is 0.462. The molecule has 1 N–H and O–H groups in total. The van der Waals surface area contributed by atoms with E-state index in [1.807, 2.05) is 17.6 Å². The smallest absolute Gasteiger partial charge is 0.106 e. The lowest BCUT2D eigenvalue weighted by Gasteiger charge is -2.15. The number of rotatable bonds is 5. The van der Waals surface area contributed by atoms with Crippen molar-refractivity contribution in [1.82, 2.24) is 4.98 Å². The third-order valence-electron chi connectivity index (χ3n) is 3.17. The van der Waals surface area contributed by atoms with Gasteiger partial charge in [-0.15, -0.1) is 11.3 Å². The van der Waals surface area contributed by atoms with Crippen molar-refractivity contribution in [3.63, 3.8) is 0 Å². The maximum absolute atomic E-state index is 6.23. The summed E-state index contributed by atoms with van der Waals surface area (Å²) in [6.45, 7) is 5.41. The van der Waals surface area contributed by atoms with Crippen molar-refractivity contribution in [2.75, 3.05) is 11.9 Å². The van der Waals surface area contributed by atoms with Gasteiger partial charge in [-0.3, -0.25) is 0 Å². The molecule has 4 heteroatoms. The van der Waals surface area contributed by atoms with Crippen molar-refractivity contribution in [3.05, 3.63) is 22.7 Å². The lowest BCUT2D eigenvalue weighted by molar-refractivity contribution is 0.519. The second kappa shape index (κ2) is 5.69. The average molecular weight is 269 g/mol. The molecule has 0 amide bonds. The molecule has 1 aromatic carbocycles. The SMILES string of the molecule is CCC(CC)CNc1c(Cl)ccc2scnc12. The highest BCUT2D eigenvalue weighted by atomic mass is 35.5. The fourth-order valence-corrected chi connectivity index (χ4v) is 2.80.